The van der Waals surface area contributed by atoms with Crippen LogP contribution >= 0.6 is 0 Å². The van der Waals surface area contributed by atoms with Gasteiger partial charge in [-0.05, 0) is 53.9 Å². The van der Waals surface area contributed by atoms with Crippen LogP contribution in [0.3, 0.4) is 0 Å². The maximum Gasteiger partial charge on any atom is 0.354 e. The van der Waals surface area contributed by atoms with Crippen molar-refractivity contribution >= 4 is 28.5 Å². The summed E-state index contributed by atoms with van der Waals surface area (Å²) >= 11 is 0. The molecule has 0 spiro atoms. The number of amides is 1. The first kappa shape index (κ1) is 23.5. The Labute approximate surface area is 224 Å². The Hall–Kier alpha value is -4.66. The van der Waals surface area contributed by atoms with Crippen molar-refractivity contribution in [1.82, 2.24) is 9.88 Å². The van der Waals surface area contributed by atoms with Gasteiger partial charge >= 0.3 is 5.97 Å². The molecule has 2 N–H and O–H groups in total. The molecule has 1 aromatic heterocycles. The van der Waals surface area contributed by atoms with Crippen molar-refractivity contribution in [3.63, 3.8) is 0 Å². The van der Waals surface area contributed by atoms with E-state index >= 15 is 0 Å². The molecule has 3 aromatic carbocycles. The quantitative estimate of drug-likeness (QED) is 0.377. The lowest BCUT2D eigenvalue weighted by atomic mass is 9.72. The van der Waals surface area contributed by atoms with E-state index in [2.05, 4.69) is 16.4 Å². The van der Waals surface area contributed by atoms with E-state index in [1.807, 2.05) is 59.5 Å². The summed E-state index contributed by atoms with van der Waals surface area (Å²) in [6, 6.07) is 19.4. The molecule has 7 rings (SSSR count). The van der Waals surface area contributed by atoms with Crippen LogP contribution < -0.4 is 19.5 Å². The summed E-state index contributed by atoms with van der Waals surface area (Å²) in [5.74, 6) is 1.54. The van der Waals surface area contributed by atoms with Gasteiger partial charge in [0.25, 0.3) is 0 Å². The standard InChI is InChI=1S/C30H27N3O6/c1-36-18-8-9-21-19(15-18)26(27(31-21)28(35)37-2)30-11-12-33(29(30)32-22-6-4-3-5-20(22)30)25(34)14-17-7-10-23-24(13-17)39-16-38-23/h3-10,13,15,29,31-32H,11-12,14,16H2,1-2H3. The van der Waals surface area contributed by atoms with Crippen molar-refractivity contribution in [2.75, 3.05) is 32.9 Å². The molecular weight excluding hydrogens is 498 g/mol. The predicted octanol–water partition coefficient (Wildman–Crippen LogP) is 4.20. The molecular formula is C30H27N3O6. The van der Waals surface area contributed by atoms with E-state index in [9.17, 15) is 9.59 Å². The molecule has 1 saturated heterocycles. The molecule has 1 fully saturated rings. The van der Waals surface area contributed by atoms with Crippen molar-refractivity contribution in [3.05, 3.63) is 83.0 Å². The number of esters is 1. The second-order valence-corrected chi connectivity index (χ2v) is 10.0. The number of nitrogens with one attached hydrogen (secondary N) is 2. The number of H-pyrrole nitrogens is 1. The number of aromatic amines is 1. The molecule has 0 radical (unpaired) electrons. The van der Waals surface area contributed by atoms with Crippen molar-refractivity contribution < 1.29 is 28.5 Å². The molecule has 39 heavy (non-hydrogen) atoms. The molecule has 0 bridgehead atoms. The third-order valence-electron chi connectivity index (χ3n) is 8.18. The lowest BCUT2D eigenvalue weighted by Crippen LogP contribution is -2.47. The van der Waals surface area contributed by atoms with Crippen LogP contribution in [-0.2, 0) is 21.4 Å². The van der Waals surface area contributed by atoms with Crippen molar-refractivity contribution in [3.8, 4) is 17.2 Å². The van der Waals surface area contributed by atoms with Crippen LogP contribution in [0.2, 0.25) is 0 Å². The fraction of sp³-hybridized carbons (Fsp3) is 0.267. The number of methoxy groups -OCH3 is 2. The molecule has 4 heterocycles. The van der Waals surface area contributed by atoms with E-state index in [0.717, 1.165) is 33.3 Å². The van der Waals surface area contributed by atoms with Gasteiger partial charge in [0.05, 0.1) is 26.1 Å². The van der Waals surface area contributed by atoms with Crippen molar-refractivity contribution in [2.45, 2.75) is 24.4 Å². The number of fused-ring (bicyclic) bond motifs is 5. The number of para-hydroxylation sites is 1. The zero-order chi connectivity index (χ0) is 26.7. The van der Waals surface area contributed by atoms with Gasteiger partial charge in [0.2, 0.25) is 12.7 Å². The molecule has 9 heteroatoms. The number of ether oxygens (including phenoxy) is 4. The molecule has 198 valence electrons. The summed E-state index contributed by atoms with van der Waals surface area (Å²) in [5.41, 5.74) is 4.14. The fourth-order valence-corrected chi connectivity index (χ4v) is 6.47. The first-order chi connectivity index (χ1) is 19.0. The highest BCUT2D eigenvalue weighted by Gasteiger charge is 2.58. The van der Waals surface area contributed by atoms with Gasteiger partial charge in [-0.15, -0.1) is 0 Å². The minimum atomic E-state index is -0.685. The Morgan fingerprint density at radius 3 is 2.74 bits per heavy atom. The number of likely N-dealkylation sites (tertiary alicyclic amines) is 1. The van der Waals surface area contributed by atoms with Gasteiger partial charge in [0.1, 0.15) is 17.6 Å². The van der Waals surface area contributed by atoms with E-state index in [4.69, 9.17) is 18.9 Å². The average molecular weight is 526 g/mol. The number of benzene rings is 3. The normalized spacial score (nSPS) is 20.5. The maximum absolute atomic E-state index is 13.9. The van der Waals surface area contributed by atoms with Crippen LogP contribution in [0, 0.1) is 0 Å². The van der Waals surface area contributed by atoms with Crippen LogP contribution in [0.4, 0.5) is 5.69 Å². The topological polar surface area (TPSA) is 102 Å². The van der Waals surface area contributed by atoms with E-state index in [-0.39, 0.29) is 19.1 Å². The molecule has 0 saturated carbocycles. The number of aromatic nitrogens is 1. The summed E-state index contributed by atoms with van der Waals surface area (Å²) < 4.78 is 21.7. The molecule has 1 amide bonds. The van der Waals surface area contributed by atoms with E-state index < -0.39 is 17.6 Å². The van der Waals surface area contributed by atoms with Gasteiger partial charge in [-0.1, -0.05) is 24.3 Å². The fourth-order valence-electron chi connectivity index (χ4n) is 6.47. The number of carbonyl (C=O) groups excluding carboxylic acids is 2. The number of nitrogens with zero attached hydrogens (tertiary/aromatic N) is 1. The lowest BCUT2D eigenvalue weighted by molar-refractivity contribution is -0.131. The zero-order valence-corrected chi connectivity index (χ0v) is 21.6. The van der Waals surface area contributed by atoms with Crippen LogP contribution in [0.5, 0.6) is 17.2 Å². The second-order valence-electron chi connectivity index (χ2n) is 10.0. The highest BCUT2D eigenvalue weighted by Crippen LogP contribution is 2.55. The smallest absolute Gasteiger partial charge is 0.354 e. The molecule has 3 aliphatic heterocycles. The Kier molecular flexibility index (Phi) is 5.23. The minimum Gasteiger partial charge on any atom is -0.497 e. The lowest BCUT2D eigenvalue weighted by Gasteiger charge is -2.33. The molecule has 0 aliphatic carbocycles. The van der Waals surface area contributed by atoms with Gasteiger partial charge in [-0.25, -0.2) is 4.79 Å². The third-order valence-corrected chi connectivity index (χ3v) is 8.18. The minimum absolute atomic E-state index is 0.0157. The van der Waals surface area contributed by atoms with E-state index in [0.29, 0.717) is 35.9 Å². The zero-order valence-electron chi connectivity index (χ0n) is 21.6. The van der Waals surface area contributed by atoms with Crippen LogP contribution in [-0.4, -0.2) is 55.5 Å². The molecule has 2 atom stereocenters. The summed E-state index contributed by atoms with van der Waals surface area (Å²) in [6.07, 6.45) is 0.445. The molecule has 4 aromatic rings. The van der Waals surface area contributed by atoms with E-state index in [1.165, 1.54) is 7.11 Å². The highest BCUT2D eigenvalue weighted by atomic mass is 16.7. The number of hydrogen-bond acceptors (Lipinski definition) is 7. The van der Waals surface area contributed by atoms with E-state index in [1.54, 1.807) is 7.11 Å². The van der Waals surface area contributed by atoms with Crippen molar-refractivity contribution in [2.24, 2.45) is 0 Å². The molecule has 9 nitrogen and oxygen atoms in total. The third kappa shape index (κ3) is 3.39. The Morgan fingerprint density at radius 2 is 1.90 bits per heavy atom. The average Bonchev–Trinajstić information content (AvgIpc) is 3.72. The Bertz CT molecular complexity index is 1650. The first-order valence-electron chi connectivity index (χ1n) is 12.9. The summed E-state index contributed by atoms with van der Waals surface area (Å²) in [6.45, 7) is 0.705. The number of carbonyl (C=O) groups is 2. The van der Waals surface area contributed by atoms with Crippen molar-refractivity contribution in [1.29, 1.82) is 0 Å². The summed E-state index contributed by atoms with van der Waals surface area (Å²) in [5, 5.41) is 4.49. The highest BCUT2D eigenvalue weighted by molar-refractivity contribution is 6.01. The SMILES string of the molecule is COC(=O)c1[nH]c2ccc(OC)cc2c1C12CCN(C(=O)Cc3ccc4c(c3)OCO4)C1Nc1ccccc12. The van der Waals surface area contributed by atoms with Gasteiger partial charge in [0, 0.05) is 28.7 Å². The van der Waals surface area contributed by atoms with Gasteiger partial charge in [0.15, 0.2) is 11.5 Å². The number of hydrogen-bond donors (Lipinski definition) is 2. The van der Waals surface area contributed by atoms with Crippen LogP contribution in [0.25, 0.3) is 10.9 Å². The monoisotopic (exact) mass is 525 g/mol. The number of anilines is 1. The Morgan fingerprint density at radius 1 is 1.05 bits per heavy atom. The second kappa shape index (κ2) is 8.69. The van der Waals surface area contributed by atoms with Gasteiger partial charge in [-0.3, -0.25) is 4.79 Å². The molecule has 2 unspecified atom stereocenters. The molecule has 3 aliphatic rings. The number of rotatable bonds is 5. The van der Waals surface area contributed by atoms with Crippen LogP contribution in [0.15, 0.2) is 60.7 Å². The first-order valence-corrected chi connectivity index (χ1v) is 12.9. The van der Waals surface area contributed by atoms with Gasteiger partial charge in [-0.2, -0.15) is 0 Å². The van der Waals surface area contributed by atoms with Crippen LogP contribution in [0.1, 0.15) is 33.6 Å². The predicted molar refractivity (Wildman–Crippen MR) is 143 cm³/mol. The maximum atomic E-state index is 13.9. The Balaban J connectivity index is 1.36. The largest absolute Gasteiger partial charge is 0.497 e. The van der Waals surface area contributed by atoms with Gasteiger partial charge < -0.3 is 34.1 Å². The summed E-state index contributed by atoms with van der Waals surface area (Å²) in [4.78, 5) is 32.2. The summed E-state index contributed by atoms with van der Waals surface area (Å²) in [7, 11) is 3.00.